The van der Waals surface area contributed by atoms with Crippen LogP contribution in [0.15, 0.2) is 72.8 Å². The number of benzene rings is 3. The number of hydrogen-bond acceptors (Lipinski definition) is 0. The van der Waals surface area contributed by atoms with Gasteiger partial charge < -0.3 is 6.92 Å². The van der Waals surface area contributed by atoms with E-state index in [2.05, 4.69) is 45.9 Å². The second-order valence-corrected chi connectivity index (χ2v) is 4.73. The van der Waals surface area contributed by atoms with Gasteiger partial charge in [0.1, 0.15) is 0 Å². The van der Waals surface area contributed by atoms with Crippen molar-refractivity contribution in [2.75, 3.05) is 0 Å². The second kappa shape index (κ2) is 29.6. The Morgan fingerprint density at radius 3 is 0.704 bits per heavy atom. The number of hydrogen-bond donors (Lipinski definition) is 0. The van der Waals surface area contributed by atoms with Gasteiger partial charge in [-0.2, -0.15) is 125 Å². The van der Waals surface area contributed by atoms with Crippen LogP contribution in [0, 0.1) is 45.9 Å². The SMILES string of the molecule is Cc1cc[c-]cc1.Cc1cc[c-]cc1.Cc1cc[c-]cc1.P.[CH2-]C.[Y].[Y].[Y]. The minimum absolute atomic E-state index is 0. The van der Waals surface area contributed by atoms with Crippen LogP contribution in [0.2, 0.25) is 0 Å². The van der Waals surface area contributed by atoms with Gasteiger partial charge in [-0.3, -0.25) is 0 Å². The van der Waals surface area contributed by atoms with Crippen LogP contribution in [0.3, 0.4) is 0 Å². The molecule has 0 aromatic heterocycles. The van der Waals surface area contributed by atoms with E-state index in [1.165, 1.54) is 16.7 Å². The first-order chi connectivity index (χ1) is 11.2. The predicted molar refractivity (Wildman–Crippen MR) is 112 cm³/mol. The maximum absolute atomic E-state index is 3.25. The molecule has 0 aliphatic heterocycles. The fraction of sp³-hybridized carbons (Fsp3) is 0.174. The molecule has 0 amide bonds. The molecule has 3 rings (SSSR count). The molecule has 0 spiro atoms. The largest absolute Gasteiger partial charge is 0.346 e. The zero-order chi connectivity index (χ0) is 17.3. The Morgan fingerprint density at radius 1 is 0.481 bits per heavy atom. The van der Waals surface area contributed by atoms with Crippen molar-refractivity contribution in [1.82, 2.24) is 0 Å². The molecule has 3 aromatic rings. The van der Waals surface area contributed by atoms with Gasteiger partial charge in [-0.05, 0) is 0 Å². The molecule has 0 fully saturated rings. The third-order valence-corrected chi connectivity index (χ3v) is 2.65. The molecule has 139 valence electrons. The van der Waals surface area contributed by atoms with Crippen molar-refractivity contribution in [2.24, 2.45) is 0 Å². The summed E-state index contributed by atoms with van der Waals surface area (Å²) in [4.78, 5) is 0. The number of aryl methyl sites for hydroxylation is 3. The maximum atomic E-state index is 3.25. The summed E-state index contributed by atoms with van der Waals surface area (Å²) >= 11 is 0. The molecule has 0 N–H and O–H groups in total. The van der Waals surface area contributed by atoms with Crippen LogP contribution in [-0.4, -0.2) is 0 Å². The summed E-state index contributed by atoms with van der Waals surface area (Å²) in [5, 5.41) is 0. The molecular formula is C23H29PY3-4. The Kier molecular flexibility index (Phi) is 42.7. The summed E-state index contributed by atoms with van der Waals surface area (Å²) < 4.78 is 0. The van der Waals surface area contributed by atoms with Crippen molar-refractivity contribution >= 4 is 9.90 Å². The minimum Gasteiger partial charge on any atom is -0.346 e. The minimum atomic E-state index is 0. The van der Waals surface area contributed by atoms with E-state index < -0.39 is 0 Å². The van der Waals surface area contributed by atoms with Gasteiger partial charge in [0.25, 0.3) is 0 Å². The molecule has 0 bridgehead atoms. The van der Waals surface area contributed by atoms with E-state index in [1.54, 1.807) is 6.92 Å². The van der Waals surface area contributed by atoms with E-state index in [0.717, 1.165) is 0 Å². The first-order valence-electron chi connectivity index (χ1n) is 7.67. The Labute approximate surface area is 246 Å². The Balaban J connectivity index is -0.0000000799. The quantitative estimate of drug-likeness (QED) is 0.210. The Hall–Kier alpha value is 1.40. The first-order valence-corrected chi connectivity index (χ1v) is 7.67. The average Bonchev–Trinajstić information content (AvgIpc) is 2.60. The molecule has 1 unspecified atom stereocenters. The van der Waals surface area contributed by atoms with Gasteiger partial charge in [-0.25, -0.2) is 0 Å². The molecule has 0 nitrogen and oxygen atoms in total. The molecule has 0 aliphatic carbocycles. The summed E-state index contributed by atoms with van der Waals surface area (Å²) in [7, 11) is 0. The standard InChI is InChI=1S/3C7H7.C2H5.H3P.3Y/c3*1-7-5-3-2-4-6-7;1-2;;;;/h3*3-6H,1H3;1H2,2H3;1H3;;;/q4*-1;;;;. The molecule has 1 atom stereocenters. The van der Waals surface area contributed by atoms with Crippen LogP contribution in [0.4, 0.5) is 0 Å². The van der Waals surface area contributed by atoms with Gasteiger partial charge >= 0.3 is 0 Å². The molecule has 3 aromatic carbocycles. The molecule has 0 saturated carbocycles. The average molecular weight is 603 g/mol. The zero-order valence-corrected chi connectivity index (χ0v) is 27.0. The van der Waals surface area contributed by atoms with Crippen molar-refractivity contribution in [2.45, 2.75) is 27.7 Å². The van der Waals surface area contributed by atoms with Gasteiger partial charge in [-0.15, -0.1) is 0 Å². The summed E-state index contributed by atoms with van der Waals surface area (Å²) in [6, 6.07) is 32.4. The van der Waals surface area contributed by atoms with Crippen LogP contribution < -0.4 is 0 Å². The molecule has 3 radical (unpaired) electrons. The van der Waals surface area contributed by atoms with Crippen molar-refractivity contribution < 1.29 is 98.1 Å². The molecular weight excluding hydrogens is 574 g/mol. The fourth-order valence-electron chi connectivity index (χ4n) is 1.41. The third kappa shape index (κ3) is 27.4. The number of rotatable bonds is 0. The van der Waals surface area contributed by atoms with Gasteiger partial charge in [0.2, 0.25) is 0 Å². The van der Waals surface area contributed by atoms with Crippen LogP contribution in [0.5, 0.6) is 0 Å². The van der Waals surface area contributed by atoms with Crippen LogP contribution in [-0.2, 0) is 98.1 Å². The molecule has 0 aliphatic rings. The molecule has 4 heteroatoms. The second-order valence-electron chi connectivity index (χ2n) is 4.73. The Morgan fingerprint density at radius 2 is 0.630 bits per heavy atom. The topological polar surface area (TPSA) is 0 Å². The summed E-state index contributed by atoms with van der Waals surface area (Å²) in [6.07, 6.45) is 0. The fourth-order valence-corrected chi connectivity index (χ4v) is 1.41. The van der Waals surface area contributed by atoms with Crippen molar-refractivity contribution in [3.63, 3.8) is 0 Å². The summed E-state index contributed by atoms with van der Waals surface area (Å²) in [6.45, 7) is 11.2. The first kappa shape index (κ1) is 38.9. The summed E-state index contributed by atoms with van der Waals surface area (Å²) in [5.41, 5.74) is 3.87. The van der Waals surface area contributed by atoms with E-state index in [0.29, 0.717) is 0 Å². The van der Waals surface area contributed by atoms with Crippen LogP contribution >= 0.6 is 9.90 Å². The van der Waals surface area contributed by atoms with E-state index in [9.17, 15) is 0 Å². The van der Waals surface area contributed by atoms with Crippen LogP contribution in [0.25, 0.3) is 0 Å². The predicted octanol–water partition coefficient (Wildman–Crippen LogP) is 6.28. The van der Waals surface area contributed by atoms with Crippen LogP contribution in [0.1, 0.15) is 23.6 Å². The van der Waals surface area contributed by atoms with E-state index in [-0.39, 0.29) is 108 Å². The normalized spacial score (nSPS) is 7.00. The van der Waals surface area contributed by atoms with Crippen molar-refractivity contribution in [3.8, 4) is 0 Å². The Bertz CT molecular complexity index is 499. The van der Waals surface area contributed by atoms with E-state index in [1.807, 2.05) is 72.8 Å². The summed E-state index contributed by atoms with van der Waals surface area (Å²) in [5.74, 6) is 0. The van der Waals surface area contributed by atoms with E-state index >= 15 is 0 Å². The van der Waals surface area contributed by atoms with Crippen molar-refractivity contribution in [1.29, 1.82) is 0 Å². The van der Waals surface area contributed by atoms with E-state index in [4.69, 9.17) is 0 Å². The molecule has 0 saturated heterocycles. The van der Waals surface area contributed by atoms with Crippen molar-refractivity contribution in [3.05, 3.63) is 115 Å². The van der Waals surface area contributed by atoms with Gasteiger partial charge in [0, 0.05) is 98.1 Å². The smallest absolute Gasteiger partial charge is 0 e. The van der Waals surface area contributed by atoms with Gasteiger partial charge in [-0.1, -0.05) is 20.8 Å². The third-order valence-electron chi connectivity index (χ3n) is 2.65. The monoisotopic (exact) mass is 603 g/mol. The maximum Gasteiger partial charge on any atom is 0 e. The molecule has 27 heavy (non-hydrogen) atoms. The van der Waals surface area contributed by atoms with Gasteiger partial charge in [0.15, 0.2) is 0 Å². The zero-order valence-electron chi connectivity index (χ0n) is 17.1. The van der Waals surface area contributed by atoms with Gasteiger partial charge in [0.05, 0.1) is 0 Å². The molecule has 0 heterocycles.